The molecule has 0 amide bonds. The molecule has 0 N–H and O–H groups in total. The minimum absolute atomic E-state index is 0.276. The fourth-order valence-electron chi connectivity index (χ4n) is 2.10. The van der Waals surface area contributed by atoms with Gasteiger partial charge in [0, 0.05) is 5.57 Å². The van der Waals surface area contributed by atoms with Gasteiger partial charge in [-0.2, -0.15) is 0 Å². The Labute approximate surface area is 126 Å². The van der Waals surface area contributed by atoms with E-state index in [2.05, 4.69) is 19.9 Å². The van der Waals surface area contributed by atoms with Crippen molar-refractivity contribution in [2.75, 3.05) is 6.61 Å². The zero-order valence-electron chi connectivity index (χ0n) is 13.6. The number of hydrogen-bond donors (Lipinski definition) is 0. The molecule has 20 heavy (non-hydrogen) atoms. The minimum Gasteiger partial charge on any atom is -0.462 e. The maximum Gasteiger partial charge on any atom is 0.333 e. The van der Waals surface area contributed by atoms with Crippen molar-refractivity contribution in [2.24, 2.45) is 0 Å². The number of esters is 1. The Kier molecular flexibility index (Phi) is 14.0. The fraction of sp³-hybridized carbons (Fsp3) is 0.778. The average Bonchev–Trinajstić information content (AvgIpc) is 2.43. The lowest BCUT2D eigenvalue weighted by Gasteiger charge is -2.04. The van der Waals surface area contributed by atoms with Gasteiger partial charge in [0.15, 0.2) is 0 Å². The van der Waals surface area contributed by atoms with Crippen molar-refractivity contribution in [3.05, 3.63) is 18.6 Å². The van der Waals surface area contributed by atoms with Gasteiger partial charge in [-0.1, -0.05) is 77.7 Å². The summed E-state index contributed by atoms with van der Waals surface area (Å²) in [5.41, 5.74) is 0.476. The molecule has 0 aromatic carbocycles. The highest BCUT2D eigenvalue weighted by atomic mass is 16.5. The third-order valence-corrected chi connectivity index (χ3v) is 3.42. The smallest absolute Gasteiger partial charge is 0.333 e. The van der Waals surface area contributed by atoms with Crippen LogP contribution in [0.2, 0.25) is 0 Å². The summed E-state index contributed by atoms with van der Waals surface area (Å²) >= 11 is 0. The molecule has 0 saturated carbocycles. The number of hydrogen-bond acceptors (Lipinski definition) is 2. The number of rotatable bonds is 14. The second-order valence-corrected chi connectivity index (χ2v) is 5.61. The van der Waals surface area contributed by atoms with E-state index in [1.165, 1.54) is 57.8 Å². The second kappa shape index (κ2) is 14.6. The van der Waals surface area contributed by atoms with Crippen LogP contribution in [0.25, 0.3) is 0 Å². The summed E-state index contributed by atoms with van der Waals surface area (Å²) in [4.78, 5) is 11.1. The maximum absolute atomic E-state index is 11.1. The van der Waals surface area contributed by atoms with Gasteiger partial charge in [0.2, 0.25) is 0 Å². The van der Waals surface area contributed by atoms with Crippen LogP contribution in [0.5, 0.6) is 0 Å². The molecule has 0 saturated heterocycles. The van der Waals surface area contributed by atoms with E-state index in [1.54, 1.807) is 6.92 Å². The molecule has 117 valence electrons. The molecule has 2 heteroatoms. The van der Waals surface area contributed by atoms with E-state index in [0.717, 1.165) is 12.8 Å². The topological polar surface area (TPSA) is 26.3 Å². The van der Waals surface area contributed by atoms with E-state index in [1.807, 2.05) is 0 Å². The van der Waals surface area contributed by atoms with Crippen molar-refractivity contribution < 1.29 is 9.53 Å². The first kappa shape index (κ1) is 19.2. The van der Waals surface area contributed by atoms with Crippen molar-refractivity contribution in [3.8, 4) is 0 Å². The largest absolute Gasteiger partial charge is 0.462 e. The molecule has 0 rings (SSSR count). The zero-order valence-corrected chi connectivity index (χ0v) is 13.6. The van der Waals surface area contributed by atoms with Gasteiger partial charge in [0.25, 0.3) is 0 Å². The van der Waals surface area contributed by atoms with E-state index >= 15 is 0 Å². The molecule has 0 aliphatic rings. The van der Waals surface area contributed by atoms with Crippen LogP contribution in [-0.2, 0) is 9.53 Å². The first-order chi connectivity index (χ1) is 9.68. The summed E-state index contributed by atoms with van der Waals surface area (Å²) in [6.45, 7) is 7.97. The second-order valence-electron chi connectivity index (χ2n) is 5.61. The Morgan fingerprint density at radius 1 is 0.950 bits per heavy atom. The molecular weight excluding hydrogens is 248 g/mol. The molecule has 0 atom stereocenters. The highest BCUT2D eigenvalue weighted by Gasteiger charge is 2.01. The van der Waals surface area contributed by atoms with Crippen LogP contribution < -0.4 is 0 Å². The molecular formula is C18H33O2. The lowest BCUT2D eigenvalue weighted by molar-refractivity contribution is -0.138. The molecule has 0 aromatic heterocycles. The molecule has 0 heterocycles. The summed E-state index contributed by atoms with van der Waals surface area (Å²) < 4.78 is 5.03. The predicted octanol–water partition coefficient (Wildman–Crippen LogP) is 5.62. The van der Waals surface area contributed by atoms with Gasteiger partial charge in [-0.15, -0.1) is 0 Å². The van der Waals surface area contributed by atoms with Gasteiger partial charge in [-0.05, 0) is 19.8 Å². The van der Waals surface area contributed by atoms with Crippen LogP contribution in [0.3, 0.4) is 0 Å². The Balaban J connectivity index is 3.06. The molecule has 0 fully saturated rings. The van der Waals surface area contributed by atoms with Crippen molar-refractivity contribution in [1.82, 2.24) is 0 Å². The zero-order chi connectivity index (χ0) is 15.1. The monoisotopic (exact) mass is 281 g/mol. The molecule has 0 bridgehead atoms. The summed E-state index contributed by atoms with van der Waals surface area (Å²) in [5.74, 6) is -0.276. The molecule has 1 radical (unpaired) electrons. The Bertz CT molecular complexity index is 246. The van der Waals surface area contributed by atoms with Crippen molar-refractivity contribution in [1.29, 1.82) is 0 Å². The number of ether oxygens (including phenoxy) is 1. The summed E-state index contributed by atoms with van der Waals surface area (Å²) in [6, 6.07) is 0. The third kappa shape index (κ3) is 13.6. The predicted molar refractivity (Wildman–Crippen MR) is 86.5 cm³/mol. The standard InChI is InChI=1S/C18H33O2/c1-4-5-6-7-8-9-10-11-12-13-14-15-16-20-18(19)17(2)3/h14H,2,4-13,15-16H2,1,3H3. The van der Waals surface area contributed by atoms with E-state index in [-0.39, 0.29) is 5.97 Å². The van der Waals surface area contributed by atoms with E-state index in [0.29, 0.717) is 12.2 Å². The van der Waals surface area contributed by atoms with Gasteiger partial charge >= 0.3 is 5.97 Å². The van der Waals surface area contributed by atoms with Gasteiger partial charge in [-0.3, -0.25) is 0 Å². The molecule has 0 aliphatic carbocycles. The summed E-state index contributed by atoms with van der Waals surface area (Å²) in [5, 5.41) is 0. The van der Waals surface area contributed by atoms with Gasteiger partial charge < -0.3 is 4.74 Å². The SMILES string of the molecule is C=C(C)C(=O)OCC[CH]CCCCCCCCCCC. The summed E-state index contributed by atoms with van der Waals surface area (Å²) in [6.07, 6.45) is 16.5. The Morgan fingerprint density at radius 3 is 2.05 bits per heavy atom. The van der Waals surface area contributed by atoms with Gasteiger partial charge in [0.05, 0.1) is 6.61 Å². The quantitative estimate of drug-likeness (QED) is 0.234. The third-order valence-electron chi connectivity index (χ3n) is 3.42. The molecule has 0 unspecified atom stereocenters. The number of unbranched alkanes of at least 4 members (excludes halogenated alkanes) is 11. The average molecular weight is 281 g/mol. The Hall–Kier alpha value is -0.790. The van der Waals surface area contributed by atoms with Gasteiger partial charge in [0.1, 0.15) is 0 Å². The molecule has 0 aliphatic heterocycles. The van der Waals surface area contributed by atoms with Crippen molar-refractivity contribution in [2.45, 2.75) is 84.5 Å². The van der Waals surface area contributed by atoms with Gasteiger partial charge in [-0.25, -0.2) is 4.79 Å². The van der Waals surface area contributed by atoms with E-state index in [4.69, 9.17) is 4.74 Å². The molecule has 0 spiro atoms. The minimum atomic E-state index is -0.276. The van der Waals surface area contributed by atoms with Crippen LogP contribution in [0.15, 0.2) is 12.2 Å². The van der Waals surface area contributed by atoms with Crippen LogP contribution in [0, 0.1) is 6.42 Å². The first-order valence-corrected chi connectivity index (χ1v) is 8.32. The lowest BCUT2D eigenvalue weighted by Crippen LogP contribution is -2.06. The first-order valence-electron chi connectivity index (χ1n) is 8.32. The number of carbonyl (C=O) groups excluding carboxylic acids is 1. The van der Waals surface area contributed by atoms with Crippen molar-refractivity contribution in [3.63, 3.8) is 0 Å². The number of carbonyl (C=O) groups is 1. The molecule has 0 aromatic rings. The highest BCUT2D eigenvalue weighted by Crippen LogP contribution is 2.11. The van der Waals surface area contributed by atoms with Crippen LogP contribution in [0.1, 0.15) is 84.5 Å². The lowest BCUT2D eigenvalue weighted by atomic mass is 10.1. The molecule has 2 nitrogen and oxygen atoms in total. The van der Waals surface area contributed by atoms with Crippen LogP contribution >= 0.6 is 0 Å². The Morgan fingerprint density at radius 2 is 1.50 bits per heavy atom. The van der Waals surface area contributed by atoms with E-state index < -0.39 is 0 Å². The van der Waals surface area contributed by atoms with Crippen LogP contribution in [0.4, 0.5) is 0 Å². The summed E-state index contributed by atoms with van der Waals surface area (Å²) in [7, 11) is 0. The maximum atomic E-state index is 11.1. The van der Waals surface area contributed by atoms with E-state index in [9.17, 15) is 4.79 Å². The normalized spacial score (nSPS) is 10.5. The highest BCUT2D eigenvalue weighted by molar-refractivity contribution is 5.86. The van der Waals surface area contributed by atoms with Crippen LogP contribution in [-0.4, -0.2) is 12.6 Å². The van der Waals surface area contributed by atoms with Crippen molar-refractivity contribution >= 4 is 5.97 Å². The fourth-order valence-corrected chi connectivity index (χ4v) is 2.10.